The summed E-state index contributed by atoms with van der Waals surface area (Å²) in [6.45, 7) is 5.05. The first-order valence-corrected chi connectivity index (χ1v) is 12.5. The van der Waals surface area contributed by atoms with Crippen molar-refractivity contribution in [3.63, 3.8) is 0 Å². The van der Waals surface area contributed by atoms with Crippen LogP contribution in [0.15, 0.2) is 0 Å². The molecule has 0 aliphatic rings. The van der Waals surface area contributed by atoms with Gasteiger partial charge in [-0.3, -0.25) is 9.59 Å². The quantitative estimate of drug-likeness (QED) is 0.184. The van der Waals surface area contributed by atoms with Gasteiger partial charge in [0.2, 0.25) is 0 Å². The van der Waals surface area contributed by atoms with Crippen molar-refractivity contribution in [2.45, 2.75) is 129 Å². The molecule has 0 saturated heterocycles. The third-order valence-electron chi connectivity index (χ3n) is 5.49. The molecular formula is C25H48O6. The summed E-state index contributed by atoms with van der Waals surface area (Å²) in [4.78, 5) is 23.2. The van der Waals surface area contributed by atoms with Crippen molar-refractivity contribution >= 4 is 11.9 Å². The van der Waals surface area contributed by atoms with Crippen LogP contribution in [-0.2, 0) is 19.1 Å². The highest BCUT2D eigenvalue weighted by atomic mass is 16.6. The van der Waals surface area contributed by atoms with E-state index in [0.717, 1.165) is 25.2 Å². The number of carbonyl (C=O) groups is 2. The molecule has 1 atom stereocenters. The van der Waals surface area contributed by atoms with E-state index in [4.69, 9.17) is 19.7 Å². The number of aliphatic hydroxyl groups excluding tert-OH is 2. The third kappa shape index (κ3) is 20.5. The second-order valence-electron chi connectivity index (χ2n) is 9.13. The Kier molecular flexibility index (Phi) is 20.0. The molecule has 0 bridgehead atoms. The fourth-order valence-corrected chi connectivity index (χ4v) is 3.68. The Morgan fingerprint density at radius 2 is 1.06 bits per heavy atom. The van der Waals surface area contributed by atoms with Gasteiger partial charge in [0.05, 0.1) is 19.6 Å². The molecule has 6 nitrogen and oxygen atoms in total. The first-order chi connectivity index (χ1) is 14.9. The van der Waals surface area contributed by atoms with Crippen molar-refractivity contribution in [3.8, 4) is 0 Å². The van der Waals surface area contributed by atoms with Gasteiger partial charge in [0.1, 0.15) is 12.2 Å². The molecule has 0 fully saturated rings. The maximum Gasteiger partial charge on any atom is 0.309 e. The average molecular weight is 445 g/mol. The Bertz CT molecular complexity index is 434. The predicted octanol–water partition coefficient (Wildman–Crippen LogP) is 5.32. The molecule has 0 aromatic rings. The van der Waals surface area contributed by atoms with Crippen molar-refractivity contribution in [1.29, 1.82) is 0 Å². The molecule has 0 aromatic carbocycles. The van der Waals surface area contributed by atoms with E-state index in [9.17, 15) is 9.59 Å². The number of aliphatic hydroxyl groups is 2. The van der Waals surface area contributed by atoms with Crippen molar-refractivity contribution in [2.75, 3.05) is 13.2 Å². The van der Waals surface area contributed by atoms with Crippen LogP contribution < -0.4 is 0 Å². The van der Waals surface area contributed by atoms with Gasteiger partial charge in [-0.25, -0.2) is 0 Å². The molecule has 0 aromatic heterocycles. The molecule has 0 spiro atoms. The minimum Gasteiger partial charge on any atom is -0.462 e. The second kappa shape index (κ2) is 20.7. The lowest BCUT2D eigenvalue weighted by Gasteiger charge is -2.18. The molecule has 0 rings (SSSR count). The maximum atomic E-state index is 11.9. The second-order valence-corrected chi connectivity index (χ2v) is 9.13. The van der Waals surface area contributed by atoms with Crippen LogP contribution in [-0.4, -0.2) is 47.6 Å². The van der Waals surface area contributed by atoms with E-state index in [1.165, 1.54) is 71.1 Å². The zero-order valence-corrected chi connectivity index (χ0v) is 20.3. The van der Waals surface area contributed by atoms with Gasteiger partial charge in [-0.1, -0.05) is 90.9 Å². The van der Waals surface area contributed by atoms with Gasteiger partial charge in [0, 0.05) is 6.92 Å². The summed E-state index contributed by atoms with van der Waals surface area (Å²) in [7, 11) is 0. The van der Waals surface area contributed by atoms with Crippen molar-refractivity contribution in [1.82, 2.24) is 0 Å². The number of unbranched alkanes of at least 4 members (excludes halogenated alkanes) is 11. The minimum atomic E-state index is -0.921. The Morgan fingerprint density at radius 1 is 0.645 bits per heavy atom. The molecule has 2 N–H and O–H groups in total. The van der Waals surface area contributed by atoms with Crippen LogP contribution in [0.3, 0.4) is 0 Å². The first-order valence-electron chi connectivity index (χ1n) is 12.5. The normalized spacial score (nSPS) is 12.4. The lowest BCUT2D eigenvalue weighted by atomic mass is 10.0. The highest BCUT2D eigenvalue weighted by Gasteiger charge is 2.20. The van der Waals surface area contributed by atoms with E-state index in [2.05, 4.69) is 13.8 Å². The van der Waals surface area contributed by atoms with E-state index in [-0.39, 0.29) is 6.42 Å². The van der Waals surface area contributed by atoms with Crippen LogP contribution in [0.1, 0.15) is 117 Å². The van der Waals surface area contributed by atoms with Gasteiger partial charge in [0.15, 0.2) is 0 Å². The van der Waals surface area contributed by atoms with Gasteiger partial charge >= 0.3 is 11.9 Å². The van der Waals surface area contributed by atoms with E-state index in [0.29, 0.717) is 6.42 Å². The highest BCUT2D eigenvalue weighted by Crippen LogP contribution is 2.16. The van der Waals surface area contributed by atoms with Gasteiger partial charge < -0.3 is 19.7 Å². The fraction of sp³-hybridized carbons (Fsp3) is 0.920. The van der Waals surface area contributed by atoms with Gasteiger partial charge in [-0.2, -0.15) is 0 Å². The summed E-state index contributed by atoms with van der Waals surface area (Å²) < 4.78 is 10.2. The molecule has 0 heterocycles. The van der Waals surface area contributed by atoms with E-state index in [1.54, 1.807) is 0 Å². The number of rotatable bonds is 21. The molecule has 0 aliphatic carbocycles. The SMILES string of the molecule is CC(=O)O[C@H](CCCCCCCCCCCCCCC(C)C)CC(=O)OC(CO)CO. The number of hydrogen-bond acceptors (Lipinski definition) is 6. The summed E-state index contributed by atoms with van der Waals surface area (Å²) in [6, 6.07) is 0. The molecule has 0 amide bonds. The van der Waals surface area contributed by atoms with Crippen LogP contribution in [0.25, 0.3) is 0 Å². The number of carbonyl (C=O) groups excluding carboxylic acids is 2. The number of hydrogen-bond donors (Lipinski definition) is 2. The molecule has 0 aliphatic heterocycles. The highest BCUT2D eigenvalue weighted by molar-refractivity contribution is 5.71. The van der Waals surface area contributed by atoms with Crippen molar-refractivity contribution < 1.29 is 29.3 Å². The number of esters is 2. The average Bonchev–Trinajstić information content (AvgIpc) is 2.71. The molecule has 0 radical (unpaired) electrons. The lowest BCUT2D eigenvalue weighted by Crippen LogP contribution is -2.29. The smallest absolute Gasteiger partial charge is 0.309 e. The Morgan fingerprint density at radius 3 is 1.45 bits per heavy atom. The summed E-state index contributed by atoms with van der Waals surface area (Å²) in [5, 5.41) is 18.0. The van der Waals surface area contributed by atoms with E-state index >= 15 is 0 Å². The van der Waals surface area contributed by atoms with E-state index in [1.807, 2.05) is 0 Å². The molecule has 6 heteroatoms. The Hall–Kier alpha value is -1.14. The van der Waals surface area contributed by atoms with Gasteiger partial charge in [0.25, 0.3) is 0 Å². The van der Waals surface area contributed by atoms with Gasteiger partial charge in [-0.15, -0.1) is 0 Å². The summed E-state index contributed by atoms with van der Waals surface area (Å²) >= 11 is 0. The van der Waals surface area contributed by atoms with Crippen LogP contribution in [0.5, 0.6) is 0 Å². The summed E-state index contributed by atoms with van der Waals surface area (Å²) in [5.41, 5.74) is 0. The monoisotopic (exact) mass is 444 g/mol. The zero-order valence-electron chi connectivity index (χ0n) is 20.3. The molecule has 0 unspecified atom stereocenters. The summed E-state index contributed by atoms with van der Waals surface area (Å²) in [6.07, 6.45) is 15.6. The lowest BCUT2D eigenvalue weighted by molar-refractivity contribution is -0.160. The van der Waals surface area contributed by atoms with Crippen LogP contribution in [0, 0.1) is 5.92 Å². The van der Waals surface area contributed by atoms with Crippen LogP contribution in [0.4, 0.5) is 0 Å². The summed E-state index contributed by atoms with van der Waals surface area (Å²) in [5.74, 6) is -0.154. The van der Waals surface area contributed by atoms with Crippen molar-refractivity contribution in [2.24, 2.45) is 5.92 Å². The zero-order chi connectivity index (χ0) is 23.3. The Balaban J connectivity index is 3.70. The minimum absolute atomic E-state index is 0.0481. The van der Waals surface area contributed by atoms with Crippen LogP contribution >= 0.6 is 0 Å². The van der Waals surface area contributed by atoms with Crippen molar-refractivity contribution in [3.05, 3.63) is 0 Å². The maximum absolute atomic E-state index is 11.9. The van der Waals surface area contributed by atoms with Crippen LogP contribution in [0.2, 0.25) is 0 Å². The molecule has 0 saturated carbocycles. The molecular weight excluding hydrogens is 396 g/mol. The van der Waals surface area contributed by atoms with E-state index < -0.39 is 37.4 Å². The first kappa shape index (κ1) is 29.9. The third-order valence-corrected chi connectivity index (χ3v) is 5.49. The predicted molar refractivity (Wildman–Crippen MR) is 124 cm³/mol. The largest absolute Gasteiger partial charge is 0.462 e. The fourth-order valence-electron chi connectivity index (χ4n) is 3.68. The molecule has 31 heavy (non-hydrogen) atoms. The molecule has 184 valence electrons. The standard InChI is InChI=1S/C25H48O6/c1-21(2)16-14-12-10-8-6-4-5-7-9-11-13-15-17-23(30-22(3)28)18-25(29)31-24(19-26)20-27/h21,23-24,26-27H,4-20H2,1-3H3/t23-/m1/s1. The Labute approximate surface area is 190 Å². The topological polar surface area (TPSA) is 93.1 Å². The van der Waals surface area contributed by atoms with Gasteiger partial charge in [-0.05, 0) is 18.8 Å². The number of ether oxygens (including phenoxy) is 2.